The molecule has 4 rings (SSSR count). The number of rotatable bonds is 3. The van der Waals surface area contributed by atoms with Crippen molar-refractivity contribution in [1.82, 2.24) is 9.55 Å². The third-order valence-corrected chi connectivity index (χ3v) is 4.51. The van der Waals surface area contributed by atoms with Crippen LogP contribution in [0.1, 0.15) is 29.9 Å². The molecule has 3 heterocycles. The molecule has 1 aliphatic heterocycles. The lowest BCUT2D eigenvalue weighted by Gasteiger charge is -2.22. The molecule has 0 bridgehead atoms. The minimum absolute atomic E-state index is 0.600. The van der Waals surface area contributed by atoms with Crippen LogP contribution >= 0.6 is 0 Å². The Hall–Kier alpha value is -2.13. The highest BCUT2D eigenvalue weighted by molar-refractivity contribution is 5.77. The highest BCUT2D eigenvalue weighted by Crippen LogP contribution is 2.28. The van der Waals surface area contributed by atoms with E-state index in [4.69, 9.17) is 9.72 Å². The highest BCUT2D eigenvalue weighted by Gasteiger charge is 2.17. The Morgan fingerprint density at radius 1 is 1.09 bits per heavy atom. The van der Waals surface area contributed by atoms with Crippen molar-refractivity contribution >= 4 is 11.0 Å². The molecule has 1 aromatic carbocycles. The van der Waals surface area contributed by atoms with E-state index in [0.717, 1.165) is 38.2 Å². The van der Waals surface area contributed by atoms with E-state index >= 15 is 0 Å². The molecule has 0 unspecified atom stereocenters. The number of nitrogens with zero attached hydrogens (tertiary/aromatic N) is 2. The fourth-order valence-corrected chi connectivity index (χ4v) is 3.26. The zero-order valence-corrected chi connectivity index (χ0v) is 12.6. The van der Waals surface area contributed by atoms with Crippen LogP contribution < -0.4 is 0 Å². The van der Waals surface area contributed by atoms with Crippen LogP contribution in [-0.2, 0) is 11.3 Å². The van der Waals surface area contributed by atoms with E-state index in [-0.39, 0.29) is 0 Å². The predicted octanol–water partition coefficient (Wildman–Crippen LogP) is 3.98. The third kappa shape index (κ3) is 2.64. The molecule has 2 aromatic heterocycles. The van der Waals surface area contributed by atoms with Gasteiger partial charge in [-0.15, -0.1) is 0 Å². The van der Waals surface area contributed by atoms with Crippen molar-refractivity contribution in [2.45, 2.75) is 25.3 Å². The number of aromatic nitrogens is 2. The van der Waals surface area contributed by atoms with Gasteiger partial charge in [-0.25, -0.2) is 4.98 Å². The van der Waals surface area contributed by atoms with Crippen molar-refractivity contribution in [3.05, 3.63) is 66.0 Å². The van der Waals surface area contributed by atoms with Gasteiger partial charge in [0.2, 0.25) is 0 Å². The van der Waals surface area contributed by atoms with E-state index in [9.17, 15) is 0 Å². The molecule has 22 heavy (non-hydrogen) atoms. The van der Waals surface area contributed by atoms with Crippen LogP contribution in [0.5, 0.6) is 0 Å². The lowest BCUT2D eigenvalue weighted by atomic mass is 9.92. The summed E-state index contributed by atoms with van der Waals surface area (Å²) in [6, 6.07) is 15.0. The van der Waals surface area contributed by atoms with Crippen molar-refractivity contribution < 1.29 is 4.74 Å². The molecule has 1 saturated heterocycles. The van der Waals surface area contributed by atoms with Crippen LogP contribution in [-0.4, -0.2) is 22.8 Å². The zero-order valence-electron chi connectivity index (χ0n) is 12.6. The van der Waals surface area contributed by atoms with E-state index in [1.807, 2.05) is 0 Å². The summed E-state index contributed by atoms with van der Waals surface area (Å²) >= 11 is 0. The number of hydrogen-bond donors (Lipinski definition) is 0. The van der Waals surface area contributed by atoms with E-state index in [2.05, 4.69) is 59.4 Å². The van der Waals surface area contributed by atoms with Gasteiger partial charge < -0.3 is 9.30 Å². The van der Waals surface area contributed by atoms with Gasteiger partial charge in [0, 0.05) is 37.5 Å². The first-order chi connectivity index (χ1) is 10.9. The Kier molecular flexibility index (Phi) is 3.65. The molecule has 3 heteroatoms. The van der Waals surface area contributed by atoms with E-state index in [0.29, 0.717) is 5.92 Å². The van der Waals surface area contributed by atoms with E-state index in [1.54, 1.807) is 0 Å². The molecule has 3 nitrogen and oxygen atoms in total. The van der Waals surface area contributed by atoms with Gasteiger partial charge in [-0.1, -0.05) is 30.3 Å². The van der Waals surface area contributed by atoms with Crippen molar-refractivity contribution in [3.8, 4) is 0 Å². The van der Waals surface area contributed by atoms with Crippen molar-refractivity contribution in [3.63, 3.8) is 0 Å². The topological polar surface area (TPSA) is 27.1 Å². The maximum atomic E-state index is 5.45. The van der Waals surface area contributed by atoms with E-state index < -0.39 is 0 Å². The molecular formula is C19H20N2O. The van der Waals surface area contributed by atoms with Gasteiger partial charge in [0.25, 0.3) is 0 Å². The first kappa shape index (κ1) is 13.5. The van der Waals surface area contributed by atoms with Gasteiger partial charge in [0.15, 0.2) is 0 Å². The Morgan fingerprint density at radius 2 is 1.91 bits per heavy atom. The monoisotopic (exact) mass is 292 g/mol. The molecule has 0 aliphatic carbocycles. The Labute approximate surface area is 130 Å². The first-order valence-corrected chi connectivity index (χ1v) is 7.96. The summed E-state index contributed by atoms with van der Waals surface area (Å²) < 4.78 is 7.68. The normalized spacial score (nSPS) is 16.2. The summed E-state index contributed by atoms with van der Waals surface area (Å²) in [5.41, 5.74) is 3.73. The fraction of sp³-hybridized carbons (Fsp3) is 0.316. The van der Waals surface area contributed by atoms with Gasteiger partial charge in [-0.3, -0.25) is 0 Å². The number of benzene rings is 1. The SMILES string of the molecule is c1ccc(Cn2ccc3cc(C4CCOCC4)cnc32)cc1. The van der Waals surface area contributed by atoms with Crippen molar-refractivity contribution in [1.29, 1.82) is 0 Å². The molecule has 112 valence electrons. The van der Waals surface area contributed by atoms with Gasteiger partial charge in [0.1, 0.15) is 5.65 Å². The molecule has 3 aromatic rings. The summed E-state index contributed by atoms with van der Waals surface area (Å²) in [6.45, 7) is 2.61. The molecule has 1 aliphatic rings. The van der Waals surface area contributed by atoms with Crippen LogP contribution in [0, 0.1) is 0 Å². The van der Waals surface area contributed by atoms with Crippen LogP contribution in [0.4, 0.5) is 0 Å². The second kappa shape index (κ2) is 5.93. The molecule has 0 atom stereocenters. The van der Waals surface area contributed by atoms with Gasteiger partial charge >= 0.3 is 0 Å². The fourth-order valence-electron chi connectivity index (χ4n) is 3.26. The molecule has 0 N–H and O–H groups in total. The maximum Gasteiger partial charge on any atom is 0.140 e. The van der Waals surface area contributed by atoms with Gasteiger partial charge in [-0.05, 0) is 42.0 Å². The molecule has 0 spiro atoms. The van der Waals surface area contributed by atoms with Crippen LogP contribution in [0.25, 0.3) is 11.0 Å². The van der Waals surface area contributed by atoms with Gasteiger partial charge in [0.05, 0.1) is 0 Å². The van der Waals surface area contributed by atoms with Gasteiger partial charge in [-0.2, -0.15) is 0 Å². The third-order valence-electron chi connectivity index (χ3n) is 4.51. The second-order valence-electron chi connectivity index (χ2n) is 6.00. The standard InChI is InChI=1S/C19H20N2O/c1-2-4-15(5-3-1)14-21-9-6-17-12-18(13-20-19(17)21)16-7-10-22-11-8-16/h1-6,9,12-13,16H,7-8,10-11,14H2. The van der Waals surface area contributed by atoms with Crippen molar-refractivity contribution in [2.75, 3.05) is 13.2 Å². The summed E-state index contributed by atoms with van der Waals surface area (Å²) in [7, 11) is 0. The molecule has 1 fully saturated rings. The van der Waals surface area contributed by atoms with Crippen LogP contribution in [0.3, 0.4) is 0 Å². The molecular weight excluding hydrogens is 272 g/mol. The average Bonchev–Trinajstić information content (AvgIpc) is 2.99. The quantitative estimate of drug-likeness (QED) is 0.730. The minimum Gasteiger partial charge on any atom is -0.381 e. The summed E-state index contributed by atoms with van der Waals surface area (Å²) in [5.74, 6) is 0.600. The Morgan fingerprint density at radius 3 is 2.73 bits per heavy atom. The van der Waals surface area contributed by atoms with E-state index in [1.165, 1.54) is 16.5 Å². The Balaban J connectivity index is 1.62. The molecule has 0 amide bonds. The summed E-state index contributed by atoms with van der Waals surface area (Å²) in [5, 5.41) is 1.24. The molecule has 0 saturated carbocycles. The minimum atomic E-state index is 0.600. The first-order valence-electron chi connectivity index (χ1n) is 7.96. The molecule has 0 radical (unpaired) electrons. The Bertz CT molecular complexity index is 757. The largest absolute Gasteiger partial charge is 0.381 e. The summed E-state index contributed by atoms with van der Waals surface area (Å²) in [6.07, 6.45) is 6.41. The number of pyridine rings is 1. The second-order valence-corrected chi connectivity index (χ2v) is 6.00. The highest BCUT2D eigenvalue weighted by atomic mass is 16.5. The average molecular weight is 292 g/mol. The summed E-state index contributed by atoms with van der Waals surface area (Å²) in [4.78, 5) is 4.73. The lowest BCUT2D eigenvalue weighted by Crippen LogP contribution is -2.14. The number of fused-ring (bicyclic) bond motifs is 1. The van der Waals surface area contributed by atoms with Crippen LogP contribution in [0.15, 0.2) is 54.9 Å². The van der Waals surface area contributed by atoms with Crippen LogP contribution in [0.2, 0.25) is 0 Å². The smallest absolute Gasteiger partial charge is 0.140 e. The number of hydrogen-bond acceptors (Lipinski definition) is 2. The maximum absolute atomic E-state index is 5.45. The lowest BCUT2D eigenvalue weighted by molar-refractivity contribution is 0.0853. The predicted molar refractivity (Wildman–Crippen MR) is 88.1 cm³/mol. The number of ether oxygens (including phenoxy) is 1. The van der Waals surface area contributed by atoms with Crippen molar-refractivity contribution in [2.24, 2.45) is 0 Å². The zero-order chi connectivity index (χ0) is 14.8.